The summed E-state index contributed by atoms with van der Waals surface area (Å²) < 4.78 is 24.2. The minimum atomic E-state index is -3.48. The molecule has 0 spiro atoms. The maximum atomic E-state index is 11.4. The van der Waals surface area contributed by atoms with Crippen LogP contribution in [0.1, 0.15) is 22.8 Å². The predicted molar refractivity (Wildman–Crippen MR) is 58.1 cm³/mol. The van der Waals surface area contributed by atoms with Crippen LogP contribution in [-0.4, -0.2) is 20.1 Å². The van der Waals surface area contributed by atoms with Crippen LogP contribution in [0.4, 0.5) is 0 Å². The third-order valence-corrected chi connectivity index (χ3v) is 3.20. The Bertz CT molecular complexity index is 448. The van der Waals surface area contributed by atoms with Crippen molar-refractivity contribution in [2.45, 2.75) is 13.8 Å². The number of hydrogen-bond acceptors (Lipinski definition) is 3. The molecule has 1 aromatic rings. The van der Waals surface area contributed by atoms with Crippen molar-refractivity contribution < 1.29 is 13.2 Å². The minimum Gasteiger partial charge on any atom is -0.268 e. The lowest BCUT2D eigenvalue weighted by molar-refractivity contribution is 0.0981. The van der Waals surface area contributed by atoms with E-state index in [1.54, 1.807) is 24.3 Å². The summed E-state index contributed by atoms with van der Waals surface area (Å²) in [6, 6.07) is 6.70. The van der Waals surface area contributed by atoms with Crippen molar-refractivity contribution in [2.75, 3.05) is 5.75 Å². The zero-order valence-corrected chi connectivity index (χ0v) is 9.47. The van der Waals surface area contributed by atoms with Crippen molar-refractivity contribution >= 4 is 15.9 Å². The molecule has 0 aliphatic heterocycles. The molecular formula is C10H13NO3S. The van der Waals surface area contributed by atoms with Gasteiger partial charge in [0.05, 0.1) is 5.75 Å². The van der Waals surface area contributed by atoms with Crippen LogP contribution in [0.5, 0.6) is 0 Å². The summed E-state index contributed by atoms with van der Waals surface area (Å²) in [5.41, 5.74) is 1.36. The SMILES string of the molecule is CCS(=O)(=O)NC(=O)c1ccc(C)cc1. The maximum Gasteiger partial charge on any atom is 0.264 e. The minimum absolute atomic E-state index is 0.107. The Morgan fingerprint density at radius 3 is 2.27 bits per heavy atom. The number of sulfonamides is 1. The molecule has 0 atom stereocenters. The molecule has 82 valence electrons. The zero-order chi connectivity index (χ0) is 11.5. The van der Waals surface area contributed by atoms with Crippen LogP contribution in [-0.2, 0) is 10.0 Å². The summed E-state index contributed by atoms with van der Waals surface area (Å²) in [7, 11) is -3.48. The smallest absolute Gasteiger partial charge is 0.264 e. The highest BCUT2D eigenvalue weighted by Crippen LogP contribution is 2.03. The third-order valence-electron chi connectivity index (χ3n) is 1.94. The molecule has 0 radical (unpaired) electrons. The van der Waals surface area contributed by atoms with Gasteiger partial charge in [0.15, 0.2) is 0 Å². The van der Waals surface area contributed by atoms with E-state index >= 15 is 0 Å². The molecule has 0 saturated heterocycles. The highest BCUT2D eigenvalue weighted by Gasteiger charge is 2.13. The molecule has 1 rings (SSSR count). The molecular weight excluding hydrogens is 214 g/mol. The zero-order valence-electron chi connectivity index (χ0n) is 8.65. The van der Waals surface area contributed by atoms with E-state index in [9.17, 15) is 13.2 Å². The fourth-order valence-corrected chi connectivity index (χ4v) is 1.52. The number of carbonyl (C=O) groups is 1. The van der Waals surface area contributed by atoms with E-state index in [0.717, 1.165) is 5.56 Å². The number of hydrogen-bond donors (Lipinski definition) is 1. The Balaban J connectivity index is 2.83. The Kier molecular flexibility index (Phi) is 3.47. The van der Waals surface area contributed by atoms with Gasteiger partial charge in [-0.05, 0) is 26.0 Å². The lowest BCUT2D eigenvalue weighted by atomic mass is 10.1. The fourth-order valence-electron chi connectivity index (χ4n) is 0.977. The summed E-state index contributed by atoms with van der Waals surface area (Å²) in [6.45, 7) is 3.37. The van der Waals surface area contributed by atoms with E-state index in [0.29, 0.717) is 5.56 Å². The summed E-state index contributed by atoms with van der Waals surface area (Å²) >= 11 is 0. The van der Waals surface area contributed by atoms with Gasteiger partial charge >= 0.3 is 0 Å². The van der Waals surface area contributed by atoms with E-state index in [1.807, 2.05) is 11.6 Å². The number of carbonyl (C=O) groups excluding carboxylic acids is 1. The number of rotatable bonds is 3. The molecule has 0 unspecified atom stereocenters. The quantitative estimate of drug-likeness (QED) is 0.840. The first-order valence-electron chi connectivity index (χ1n) is 4.56. The van der Waals surface area contributed by atoms with Crippen molar-refractivity contribution in [3.63, 3.8) is 0 Å². The highest BCUT2D eigenvalue weighted by molar-refractivity contribution is 7.90. The van der Waals surface area contributed by atoms with Crippen molar-refractivity contribution in [1.29, 1.82) is 0 Å². The van der Waals surface area contributed by atoms with Gasteiger partial charge in [-0.15, -0.1) is 0 Å². The molecule has 0 aromatic heterocycles. The van der Waals surface area contributed by atoms with Gasteiger partial charge < -0.3 is 0 Å². The van der Waals surface area contributed by atoms with Gasteiger partial charge in [0.25, 0.3) is 5.91 Å². The van der Waals surface area contributed by atoms with Gasteiger partial charge in [-0.2, -0.15) is 0 Å². The van der Waals surface area contributed by atoms with Crippen LogP contribution >= 0.6 is 0 Å². The van der Waals surface area contributed by atoms with Crippen LogP contribution in [0.15, 0.2) is 24.3 Å². The molecule has 5 heteroatoms. The first-order valence-corrected chi connectivity index (χ1v) is 6.21. The van der Waals surface area contributed by atoms with E-state index in [4.69, 9.17) is 0 Å². The number of amides is 1. The van der Waals surface area contributed by atoms with Gasteiger partial charge in [-0.25, -0.2) is 13.1 Å². The van der Waals surface area contributed by atoms with E-state index in [2.05, 4.69) is 0 Å². The molecule has 0 bridgehead atoms. The lowest BCUT2D eigenvalue weighted by Gasteiger charge is -2.04. The number of aryl methyl sites for hydroxylation is 1. The molecule has 0 aliphatic rings. The molecule has 4 nitrogen and oxygen atoms in total. The van der Waals surface area contributed by atoms with E-state index in [-0.39, 0.29) is 5.75 Å². The average Bonchev–Trinajstić information content (AvgIpc) is 2.18. The second-order valence-corrected chi connectivity index (χ2v) is 5.21. The Hall–Kier alpha value is -1.36. The van der Waals surface area contributed by atoms with Crippen molar-refractivity contribution in [2.24, 2.45) is 0 Å². The topological polar surface area (TPSA) is 63.2 Å². The van der Waals surface area contributed by atoms with Crippen molar-refractivity contribution in [1.82, 2.24) is 4.72 Å². The van der Waals surface area contributed by atoms with Gasteiger partial charge in [0.1, 0.15) is 0 Å². The van der Waals surface area contributed by atoms with Crippen LogP contribution in [0.3, 0.4) is 0 Å². The summed E-state index contributed by atoms with van der Waals surface area (Å²) in [6.07, 6.45) is 0. The van der Waals surface area contributed by atoms with Gasteiger partial charge in [-0.1, -0.05) is 17.7 Å². The first-order chi connectivity index (χ1) is 6.94. The second kappa shape index (κ2) is 4.44. The highest BCUT2D eigenvalue weighted by atomic mass is 32.2. The van der Waals surface area contributed by atoms with E-state index < -0.39 is 15.9 Å². The number of benzene rings is 1. The summed E-state index contributed by atoms with van der Waals surface area (Å²) in [5.74, 6) is -0.693. The lowest BCUT2D eigenvalue weighted by Crippen LogP contribution is -2.31. The molecule has 0 saturated carbocycles. The standard InChI is InChI=1S/C10H13NO3S/c1-3-15(13,14)11-10(12)9-6-4-8(2)5-7-9/h4-7H,3H2,1-2H3,(H,11,12). The maximum absolute atomic E-state index is 11.4. The molecule has 1 N–H and O–H groups in total. The van der Waals surface area contributed by atoms with Gasteiger partial charge in [0.2, 0.25) is 10.0 Å². The van der Waals surface area contributed by atoms with Gasteiger partial charge in [-0.3, -0.25) is 4.79 Å². The molecule has 1 aromatic carbocycles. The third kappa shape index (κ3) is 3.36. The van der Waals surface area contributed by atoms with Crippen LogP contribution in [0, 0.1) is 6.92 Å². The Morgan fingerprint density at radius 2 is 1.80 bits per heavy atom. The molecule has 0 aliphatic carbocycles. The monoisotopic (exact) mass is 227 g/mol. The largest absolute Gasteiger partial charge is 0.268 e. The molecule has 0 fully saturated rings. The first kappa shape index (κ1) is 11.7. The predicted octanol–water partition coefficient (Wildman–Crippen LogP) is 1.07. The Labute approximate surface area is 89.4 Å². The molecule has 15 heavy (non-hydrogen) atoms. The van der Waals surface area contributed by atoms with E-state index in [1.165, 1.54) is 6.92 Å². The average molecular weight is 227 g/mol. The molecule has 1 amide bonds. The normalized spacial score (nSPS) is 11.1. The van der Waals surface area contributed by atoms with Gasteiger partial charge in [0, 0.05) is 5.56 Å². The van der Waals surface area contributed by atoms with Crippen molar-refractivity contribution in [3.05, 3.63) is 35.4 Å². The second-order valence-electron chi connectivity index (χ2n) is 3.20. The van der Waals surface area contributed by atoms with Crippen LogP contribution < -0.4 is 4.72 Å². The number of nitrogens with one attached hydrogen (secondary N) is 1. The summed E-state index contributed by atoms with van der Waals surface area (Å²) in [4.78, 5) is 11.4. The molecule has 0 heterocycles. The van der Waals surface area contributed by atoms with Crippen LogP contribution in [0.2, 0.25) is 0 Å². The van der Waals surface area contributed by atoms with Crippen molar-refractivity contribution in [3.8, 4) is 0 Å². The van der Waals surface area contributed by atoms with Crippen LogP contribution in [0.25, 0.3) is 0 Å². The Morgan fingerprint density at radius 1 is 1.27 bits per heavy atom. The summed E-state index contributed by atoms with van der Waals surface area (Å²) in [5, 5.41) is 0. The fraction of sp³-hybridized carbons (Fsp3) is 0.300.